The number of rotatable bonds is 4. The van der Waals surface area contributed by atoms with Gasteiger partial charge in [0, 0.05) is 18.9 Å². The van der Waals surface area contributed by atoms with Crippen LogP contribution in [-0.4, -0.2) is 26.9 Å². The Morgan fingerprint density at radius 2 is 2.44 bits per heavy atom. The van der Waals surface area contributed by atoms with Crippen molar-refractivity contribution in [2.45, 2.75) is 19.5 Å². The Bertz CT molecular complexity index is 426. The van der Waals surface area contributed by atoms with E-state index in [1.807, 2.05) is 11.6 Å². The minimum Gasteiger partial charge on any atom is -0.493 e. The lowest BCUT2D eigenvalue weighted by molar-refractivity contribution is 0.404. The number of nitrogens with two attached hydrogens (primary N) is 1. The van der Waals surface area contributed by atoms with Crippen LogP contribution in [0.3, 0.4) is 0 Å². The molecule has 0 bridgehead atoms. The maximum Gasteiger partial charge on any atom is 0.162 e. The minimum atomic E-state index is -0.354. The third kappa shape index (κ3) is 1.67. The second-order valence-electron chi connectivity index (χ2n) is 3.37. The number of hydrogen-bond donors (Lipinski definition) is 2. The van der Waals surface area contributed by atoms with Gasteiger partial charge in [-0.05, 0) is 6.92 Å². The van der Waals surface area contributed by atoms with Gasteiger partial charge in [0.05, 0.1) is 13.3 Å². The number of aromatic nitrogens is 4. The monoisotopic (exact) mass is 221 g/mol. The van der Waals surface area contributed by atoms with Gasteiger partial charge in [-0.1, -0.05) is 0 Å². The molecule has 2 aromatic heterocycles. The number of hydrogen-bond acceptors (Lipinski definition) is 4. The van der Waals surface area contributed by atoms with Gasteiger partial charge in [0.25, 0.3) is 0 Å². The molecular weight excluding hydrogens is 206 g/mol. The van der Waals surface area contributed by atoms with E-state index in [0.717, 1.165) is 12.2 Å². The molecule has 86 valence electrons. The first kappa shape index (κ1) is 10.7. The number of nitrogens with one attached hydrogen (secondary N) is 1. The van der Waals surface area contributed by atoms with Crippen molar-refractivity contribution in [2.24, 2.45) is 5.73 Å². The highest BCUT2D eigenvalue weighted by atomic mass is 16.5. The van der Waals surface area contributed by atoms with Crippen LogP contribution in [0.1, 0.15) is 24.5 Å². The number of imidazole rings is 1. The van der Waals surface area contributed by atoms with Gasteiger partial charge in [-0.2, -0.15) is 5.10 Å². The van der Waals surface area contributed by atoms with Crippen LogP contribution in [0, 0.1) is 0 Å². The molecule has 0 saturated carbocycles. The second kappa shape index (κ2) is 4.36. The summed E-state index contributed by atoms with van der Waals surface area (Å²) < 4.78 is 7.05. The first-order valence-electron chi connectivity index (χ1n) is 5.12. The van der Waals surface area contributed by atoms with Crippen molar-refractivity contribution in [2.75, 3.05) is 7.11 Å². The molecule has 0 radical (unpaired) electrons. The molecule has 2 rings (SSSR count). The molecular formula is C10H15N5O. The normalized spacial score (nSPS) is 12.7. The summed E-state index contributed by atoms with van der Waals surface area (Å²) in [6.45, 7) is 2.75. The Morgan fingerprint density at radius 3 is 3.00 bits per heavy atom. The van der Waals surface area contributed by atoms with Crippen molar-refractivity contribution < 1.29 is 4.74 Å². The quantitative estimate of drug-likeness (QED) is 0.795. The van der Waals surface area contributed by atoms with Crippen LogP contribution in [-0.2, 0) is 6.54 Å². The Morgan fingerprint density at radius 1 is 1.62 bits per heavy atom. The Balaban J connectivity index is 2.41. The fraction of sp³-hybridized carbons (Fsp3) is 0.400. The highest BCUT2D eigenvalue weighted by molar-refractivity contribution is 5.31. The van der Waals surface area contributed by atoms with E-state index in [4.69, 9.17) is 10.5 Å². The van der Waals surface area contributed by atoms with Gasteiger partial charge in [0.2, 0.25) is 0 Å². The van der Waals surface area contributed by atoms with E-state index in [1.54, 1.807) is 25.7 Å². The van der Waals surface area contributed by atoms with E-state index in [2.05, 4.69) is 15.1 Å². The van der Waals surface area contributed by atoms with Crippen LogP contribution in [0.25, 0.3) is 0 Å². The maximum absolute atomic E-state index is 6.12. The van der Waals surface area contributed by atoms with Crippen molar-refractivity contribution in [1.29, 1.82) is 0 Å². The van der Waals surface area contributed by atoms with E-state index in [0.29, 0.717) is 11.6 Å². The third-order valence-electron chi connectivity index (χ3n) is 2.47. The summed E-state index contributed by atoms with van der Waals surface area (Å²) in [7, 11) is 1.61. The summed E-state index contributed by atoms with van der Waals surface area (Å²) >= 11 is 0. The summed E-state index contributed by atoms with van der Waals surface area (Å²) in [6, 6.07) is -0.354. The van der Waals surface area contributed by atoms with Crippen LogP contribution in [0.5, 0.6) is 5.75 Å². The van der Waals surface area contributed by atoms with Gasteiger partial charge in [0.1, 0.15) is 17.6 Å². The molecule has 16 heavy (non-hydrogen) atoms. The van der Waals surface area contributed by atoms with Gasteiger partial charge in [-0.25, -0.2) is 4.98 Å². The molecule has 0 aliphatic carbocycles. The maximum atomic E-state index is 6.12. The Kier molecular flexibility index (Phi) is 2.91. The highest BCUT2D eigenvalue weighted by Crippen LogP contribution is 2.26. The van der Waals surface area contributed by atoms with E-state index in [-0.39, 0.29) is 6.04 Å². The molecule has 0 aliphatic heterocycles. The average molecular weight is 221 g/mol. The molecule has 0 saturated heterocycles. The predicted octanol–water partition coefficient (Wildman–Crippen LogP) is 0.683. The molecule has 0 aliphatic rings. The molecule has 2 heterocycles. The number of aryl methyl sites for hydroxylation is 1. The molecule has 1 unspecified atom stereocenters. The fourth-order valence-corrected chi connectivity index (χ4v) is 1.68. The van der Waals surface area contributed by atoms with Gasteiger partial charge in [-0.3, -0.25) is 4.68 Å². The summed E-state index contributed by atoms with van der Waals surface area (Å²) in [5.74, 6) is 1.39. The van der Waals surface area contributed by atoms with Crippen molar-refractivity contribution in [3.8, 4) is 5.75 Å². The van der Waals surface area contributed by atoms with Crippen LogP contribution in [0.2, 0.25) is 0 Å². The molecule has 0 aromatic carbocycles. The molecule has 0 amide bonds. The highest BCUT2D eigenvalue weighted by Gasteiger charge is 2.21. The number of aromatic amines is 1. The van der Waals surface area contributed by atoms with Crippen LogP contribution in [0.15, 0.2) is 18.6 Å². The lowest BCUT2D eigenvalue weighted by atomic mass is 10.2. The molecule has 0 spiro atoms. The van der Waals surface area contributed by atoms with Crippen molar-refractivity contribution >= 4 is 0 Å². The molecule has 3 N–H and O–H groups in total. The van der Waals surface area contributed by atoms with Crippen LogP contribution in [0.4, 0.5) is 0 Å². The van der Waals surface area contributed by atoms with E-state index in [1.165, 1.54) is 0 Å². The first-order chi connectivity index (χ1) is 7.77. The summed E-state index contributed by atoms with van der Waals surface area (Å²) in [5.41, 5.74) is 6.96. The predicted molar refractivity (Wildman–Crippen MR) is 59.1 cm³/mol. The topological polar surface area (TPSA) is 81.8 Å². The zero-order valence-electron chi connectivity index (χ0n) is 9.34. The molecule has 6 nitrogen and oxygen atoms in total. The standard InChI is InChI=1S/C10H15N5O/c1-3-15-9(7(16-2)6-14-15)8(11)10-12-4-5-13-10/h4-6,8H,3,11H2,1-2H3,(H,12,13). The summed E-state index contributed by atoms with van der Waals surface area (Å²) in [4.78, 5) is 7.14. The molecule has 1 atom stereocenters. The first-order valence-corrected chi connectivity index (χ1v) is 5.12. The molecule has 0 fully saturated rings. The summed E-state index contributed by atoms with van der Waals surface area (Å²) in [5, 5.41) is 4.21. The van der Waals surface area contributed by atoms with Crippen molar-refractivity contribution in [1.82, 2.24) is 19.7 Å². The Labute approximate surface area is 93.4 Å². The number of methoxy groups -OCH3 is 1. The van der Waals surface area contributed by atoms with Crippen molar-refractivity contribution in [3.63, 3.8) is 0 Å². The zero-order chi connectivity index (χ0) is 11.5. The lowest BCUT2D eigenvalue weighted by Gasteiger charge is -2.12. The molecule has 2 aromatic rings. The third-order valence-corrected chi connectivity index (χ3v) is 2.47. The largest absolute Gasteiger partial charge is 0.493 e. The Hall–Kier alpha value is -1.82. The fourth-order valence-electron chi connectivity index (χ4n) is 1.68. The number of ether oxygens (including phenoxy) is 1. The number of nitrogens with zero attached hydrogens (tertiary/aromatic N) is 3. The smallest absolute Gasteiger partial charge is 0.162 e. The minimum absolute atomic E-state index is 0.354. The molecule has 6 heteroatoms. The van der Waals surface area contributed by atoms with Gasteiger partial charge < -0.3 is 15.5 Å². The van der Waals surface area contributed by atoms with Gasteiger partial charge in [0.15, 0.2) is 5.75 Å². The average Bonchev–Trinajstić information content (AvgIpc) is 2.96. The SMILES string of the molecule is CCn1ncc(OC)c1C(N)c1ncc[nH]1. The van der Waals surface area contributed by atoms with Crippen molar-refractivity contribution in [3.05, 3.63) is 30.1 Å². The van der Waals surface area contributed by atoms with E-state index < -0.39 is 0 Å². The van der Waals surface area contributed by atoms with Gasteiger partial charge >= 0.3 is 0 Å². The van der Waals surface area contributed by atoms with E-state index in [9.17, 15) is 0 Å². The van der Waals surface area contributed by atoms with Crippen LogP contribution >= 0.6 is 0 Å². The van der Waals surface area contributed by atoms with E-state index >= 15 is 0 Å². The lowest BCUT2D eigenvalue weighted by Crippen LogP contribution is -2.19. The summed E-state index contributed by atoms with van der Waals surface area (Å²) in [6.07, 6.45) is 5.09. The van der Waals surface area contributed by atoms with Gasteiger partial charge in [-0.15, -0.1) is 0 Å². The zero-order valence-corrected chi connectivity index (χ0v) is 9.34. The number of H-pyrrole nitrogens is 1. The van der Waals surface area contributed by atoms with Crippen LogP contribution < -0.4 is 10.5 Å². The second-order valence-corrected chi connectivity index (χ2v) is 3.37.